The van der Waals surface area contributed by atoms with E-state index in [9.17, 15) is 45.9 Å². The summed E-state index contributed by atoms with van der Waals surface area (Å²) in [5, 5.41) is 26.3. The van der Waals surface area contributed by atoms with E-state index in [0.29, 0.717) is 152 Å². The van der Waals surface area contributed by atoms with Crippen molar-refractivity contribution in [1.82, 2.24) is 95.8 Å². The first-order chi connectivity index (χ1) is 67.4. The molecule has 0 bridgehead atoms. The first kappa shape index (κ1) is 109. The molecule has 13 aromatic rings. The van der Waals surface area contributed by atoms with Crippen molar-refractivity contribution in [3.05, 3.63) is 215 Å². The SMILES string of the molecule is CCOCC([18F])OCCOc1ccc(-c2ocnc2C(=O)NCCCn2cncn2)cc1Cl.CCOCCOC([18F])COc1ccc(-c2ocnc2C(=O)NCCCn2cncn2)cc1Cl.CCOCCOCC([18F])Oc1ccc(-c2ocnc2C(=O)NCCCn2cncn2)cc1Cl.COc1ccc(-c2ocnc2C(=O)NC(C)[18F])cc1Cl.COc1ccc(-c2ocnc2C(=O)NCC[18F])cc1Cl. The van der Waals surface area contributed by atoms with Crippen molar-refractivity contribution in [3.8, 4) is 85.4 Å². The van der Waals surface area contributed by atoms with Crippen LogP contribution in [0.1, 0.15) is 99.4 Å². The maximum absolute atomic E-state index is 14.0. The van der Waals surface area contributed by atoms with Gasteiger partial charge in [-0.25, -0.2) is 57.4 Å². The number of aromatic nitrogens is 14. The molecule has 5 N–H and O–H groups in total. The lowest BCUT2D eigenvalue weighted by Crippen LogP contribution is -2.29. The van der Waals surface area contributed by atoms with Crippen molar-refractivity contribution < 1.29 is 120 Å². The molecule has 139 heavy (non-hydrogen) atoms. The Labute approximate surface area is 817 Å². The Morgan fingerprint density at radius 1 is 0.381 bits per heavy atom. The van der Waals surface area contributed by atoms with E-state index in [1.54, 1.807) is 119 Å². The smallest absolute Gasteiger partial charge is 0.276 e. The van der Waals surface area contributed by atoms with Crippen molar-refractivity contribution >= 4 is 87.5 Å². The highest BCUT2D eigenvalue weighted by molar-refractivity contribution is 6.34. The van der Waals surface area contributed by atoms with Crippen LogP contribution < -0.4 is 50.3 Å². The van der Waals surface area contributed by atoms with Gasteiger partial charge in [-0.15, -0.1) is 0 Å². The van der Waals surface area contributed by atoms with Gasteiger partial charge in [-0.2, -0.15) is 19.7 Å². The largest absolute Gasteiger partial charge is 0.495 e. The van der Waals surface area contributed by atoms with Gasteiger partial charge in [-0.3, -0.25) is 38.0 Å². The monoisotopic (exact) mass is 2030 g/mol. The third-order valence-corrected chi connectivity index (χ3v) is 19.7. The highest BCUT2D eigenvalue weighted by Crippen LogP contribution is 2.38. The molecule has 4 atom stereocenters. The number of aryl methyl sites for hydroxylation is 3. The quantitative estimate of drug-likeness (QED) is 0.0134. The molecule has 5 aromatic carbocycles. The molecule has 8 heterocycles. The highest BCUT2D eigenvalue weighted by atomic mass is 35.5. The fraction of sp³-hybridized carbons (Fsp3) is 0.371. The zero-order chi connectivity index (χ0) is 99.6. The molecule has 8 aromatic heterocycles. The third-order valence-electron chi connectivity index (χ3n) is 18.3. The van der Waals surface area contributed by atoms with Crippen LogP contribution in [0.2, 0.25) is 25.1 Å². The molecule has 0 radical (unpaired) electrons. The molecule has 50 heteroatoms. The van der Waals surface area contributed by atoms with E-state index in [1.807, 2.05) is 13.8 Å². The minimum absolute atomic E-state index is 0.00395. The Morgan fingerprint density at radius 3 is 1.04 bits per heavy atom. The molecule has 40 nitrogen and oxygen atoms in total. The summed E-state index contributed by atoms with van der Waals surface area (Å²) in [5.41, 5.74) is 3.20. The Balaban J connectivity index is 0.000000197. The number of amides is 5. The number of benzene rings is 5. The van der Waals surface area contributed by atoms with E-state index < -0.39 is 43.9 Å². The fourth-order valence-corrected chi connectivity index (χ4v) is 13.0. The molecule has 0 fully saturated rings. The zero-order valence-corrected chi connectivity index (χ0v) is 79.5. The van der Waals surface area contributed by atoms with Crippen LogP contribution in [0.4, 0.5) is 22.0 Å². The number of halogens is 10. The second-order valence-corrected chi connectivity index (χ2v) is 30.0. The summed E-state index contributed by atoms with van der Waals surface area (Å²) in [7, 11) is 3.00. The van der Waals surface area contributed by atoms with E-state index in [1.165, 1.54) is 71.4 Å². The molecule has 746 valence electrons. The van der Waals surface area contributed by atoms with Crippen molar-refractivity contribution in [1.29, 1.82) is 0 Å². The van der Waals surface area contributed by atoms with Crippen molar-refractivity contribution in [3.63, 3.8) is 0 Å². The van der Waals surface area contributed by atoms with Gasteiger partial charge in [-0.1, -0.05) is 58.0 Å². The van der Waals surface area contributed by atoms with Crippen LogP contribution in [-0.2, 0) is 48.1 Å². The number of alkyl halides is 5. The number of oxazole rings is 5. The molecule has 5 amide bonds. The summed E-state index contributed by atoms with van der Waals surface area (Å²) in [4.78, 5) is 92.5. The molecule has 4 unspecified atom stereocenters. The van der Waals surface area contributed by atoms with Gasteiger partial charge >= 0.3 is 0 Å². The molecule has 0 aliphatic rings. The Hall–Kier alpha value is -13.2. The first-order valence-corrected chi connectivity index (χ1v) is 44.6. The summed E-state index contributed by atoms with van der Waals surface area (Å²) >= 11 is 30.9. The van der Waals surface area contributed by atoms with Crippen molar-refractivity contribution in [2.75, 3.05) is 126 Å². The standard InChI is InChI=1S/3C21H25ClFN5O5.2C13H12ClFN2O3/c1-2-30-11-18(23)32-9-8-31-17-5-4-15(10-16(17)22)20-19(26-14-33-20)21(29)25-6-3-7-28-13-24-12-27-28;1-2-30-8-9-31-18(23)11-32-17-5-4-15(10-16(17)22)20-19(26-14-33-20)21(29)25-6-3-7-28-13-24-12-27-28;1-2-30-8-9-31-11-18(23)33-17-5-4-15(10-16(17)22)20-19(26-14-32-20)21(29)25-6-3-7-28-13-24-12-27-28;1-7(15)17-13(18)11-12(20-6-16-11)8-3-4-10(19-2)9(14)5-8;1-19-10-3-2-8(6-9(10)14)12-11(17-7-20-12)13(18)16-5-4-15/h3*4-5,10,12-14,18H,2-3,6-9,11H2,1H3,(H,25,29);3-7H,1-2H3,(H,17,18);2-3,6-7H,4-5H2,1H3,(H,16,18)/i3*23-1;2*15-1. The van der Waals surface area contributed by atoms with E-state index >= 15 is 0 Å². The van der Waals surface area contributed by atoms with E-state index in [2.05, 4.69) is 81.8 Å². The van der Waals surface area contributed by atoms with Crippen LogP contribution in [0, 0.1) is 0 Å². The normalized spacial score (nSPS) is 11.7. The summed E-state index contributed by atoms with van der Waals surface area (Å²) in [5.74, 6) is 0.811. The second-order valence-electron chi connectivity index (χ2n) is 28.0. The van der Waals surface area contributed by atoms with Gasteiger partial charge in [0.2, 0.25) is 12.7 Å². The molecule has 13 rings (SSSR count). The maximum atomic E-state index is 14.0. The minimum Gasteiger partial charge on any atom is -0.495 e. The van der Waals surface area contributed by atoms with Crippen LogP contribution in [0.15, 0.2) is 183 Å². The van der Waals surface area contributed by atoms with E-state index in [4.69, 9.17) is 132 Å². The van der Waals surface area contributed by atoms with Crippen molar-refractivity contribution in [2.24, 2.45) is 0 Å². The minimum atomic E-state index is -1.70. The predicted molar refractivity (Wildman–Crippen MR) is 494 cm³/mol. The fourth-order valence-electron chi connectivity index (χ4n) is 11.8. The molecular weight excluding hydrogens is 1940 g/mol. The summed E-state index contributed by atoms with van der Waals surface area (Å²) in [6.07, 6.45) is 10.7. The Kier molecular flexibility index (Phi) is 47.1. The zero-order valence-electron chi connectivity index (χ0n) is 75.7. The van der Waals surface area contributed by atoms with Gasteiger partial charge in [-0.05, 0) is 138 Å². The molecule has 0 aliphatic heterocycles. The van der Waals surface area contributed by atoms with Gasteiger partial charge in [0.05, 0.1) is 72.4 Å². The summed E-state index contributed by atoms with van der Waals surface area (Å²) in [6.45, 7) is 11.2. The average molecular weight is 2040 g/mol. The lowest BCUT2D eigenvalue weighted by molar-refractivity contribution is -0.0919. The number of carbonyl (C=O) groups excluding carboxylic acids is 5. The lowest BCUT2D eigenvalue weighted by atomic mass is 10.1. The van der Waals surface area contributed by atoms with Gasteiger partial charge in [0.15, 0.2) is 95.5 Å². The van der Waals surface area contributed by atoms with Crippen LogP contribution >= 0.6 is 58.0 Å². The lowest BCUT2D eigenvalue weighted by Gasteiger charge is -2.13. The van der Waals surface area contributed by atoms with Gasteiger partial charge in [0, 0.05) is 93.5 Å². The van der Waals surface area contributed by atoms with E-state index in [0.717, 1.165) is 12.8 Å². The number of ether oxygens (including phenoxy) is 11. The third kappa shape index (κ3) is 35.9. The van der Waals surface area contributed by atoms with E-state index in [-0.39, 0.29) is 149 Å². The molecule has 0 saturated heterocycles. The number of methoxy groups -OCH3 is 2. The highest BCUT2D eigenvalue weighted by Gasteiger charge is 2.27. The van der Waals surface area contributed by atoms with Crippen molar-refractivity contribution in [2.45, 2.75) is 92.0 Å². The molecular formula is C89H99Cl5F5N19O21. The summed E-state index contributed by atoms with van der Waals surface area (Å²) < 4.78 is 154. The van der Waals surface area contributed by atoms with Crippen LogP contribution in [0.3, 0.4) is 0 Å². The topological polar surface area (TPSA) is 469 Å². The van der Waals surface area contributed by atoms with Gasteiger partial charge in [0.25, 0.3) is 35.9 Å². The Bertz CT molecular complexity index is 5850. The number of hydrogen-bond donors (Lipinski definition) is 5. The first-order valence-electron chi connectivity index (χ1n) is 42.7. The Morgan fingerprint density at radius 2 is 0.698 bits per heavy atom. The summed E-state index contributed by atoms with van der Waals surface area (Å²) in [6, 6.07) is 24.1. The number of nitrogens with zero attached hydrogens (tertiary/aromatic N) is 14. The van der Waals surface area contributed by atoms with Crippen LogP contribution in [0.25, 0.3) is 56.6 Å². The molecule has 0 aliphatic carbocycles. The van der Waals surface area contributed by atoms with Crippen LogP contribution in [0.5, 0.6) is 28.7 Å². The molecule has 0 saturated carbocycles. The average Bonchev–Trinajstić information content (AvgIpc) is 1.77. The molecule has 0 spiro atoms. The van der Waals surface area contributed by atoms with Gasteiger partial charge < -0.3 is 101 Å². The maximum Gasteiger partial charge on any atom is 0.276 e. The second kappa shape index (κ2) is 59.8. The predicted octanol–water partition coefficient (Wildman–Crippen LogP) is 15.2. The number of hydrogen-bond acceptors (Lipinski definition) is 32. The van der Waals surface area contributed by atoms with Gasteiger partial charge in [0.1, 0.15) is 99.8 Å². The number of nitrogens with one attached hydrogen (secondary N) is 5. The number of carbonyl (C=O) groups is 5. The van der Waals surface area contributed by atoms with Crippen LogP contribution in [-0.4, -0.2) is 250 Å². The number of rotatable bonds is 51.